The van der Waals surface area contributed by atoms with E-state index in [0.29, 0.717) is 0 Å². The van der Waals surface area contributed by atoms with Gasteiger partial charge in [0.25, 0.3) is 0 Å². The second-order valence-corrected chi connectivity index (χ2v) is 3.09. The summed E-state index contributed by atoms with van der Waals surface area (Å²) in [6.45, 7) is 0. The molecule has 0 aromatic carbocycles. The quantitative estimate of drug-likeness (QED) is 0.417. The second kappa shape index (κ2) is 7.69. The third-order valence-corrected chi connectivity index (χ3v) is 1.66. The predicted octanol–water partition coefficient (Wildman–Crippen LogP) is 0.712. The minimum Gasteiger partial charge on any atom is -0.481 e. The summed E-state index contributed by atoms with van der Waals surface area (Å²) in [4.78, 5) is 42.7. The molecule has 0 amide bonds. The van der Waals surface area contributed by atoms with Crippen molar-refractivity contribution in [2.45, 2.75) is 12.8 Å². The van der Waals surface area contributed by atoms with E-state index < -0.39 is 47.9 Å². The Morgan fingerprint density at radius 2 is 1.16 bits per heavy atom. The molecule has 0 fully saturated rings. The van der Waals surface area contributed by atoms with E-state index in [1.807, 2.05) is 0 Å². The Kier molecular flexibility index (Phi) is 6.65. The van der Waals surface area contributed by atoms with E-state index in [4.69, 9.17) is 10.2 Å². The molecule has 0 aliphatic rings. The van der Waals surface area contributed by atoms with Gasteiger partial charge in [0.1, 0.15) is 0 Å². The number of halogens is 2. The average Bonchev–Trinajstić information content (AvgIpc) is 2.31. The number of carboxylic acid groups (broad SMARTS) is 2. The van der Waals surface area contributed by atoms with Crippen LogP contribution >= 0.6 is 0 Å². The van der Waals surface area contributed by atoms with E-state index in [9.17, 15) is 28.0 Å². The van der Waals surface area contributed by atoms with E-state index in [0.717, 1.165) is 0 Å². The number of hydrogen-bond acceptors (Lipinski definition) is 5. The van der Waals surface area contributed by atoms with Crippen LogP contribution in [0.2, 0.25) is 0 Å². The number of aliphatic carboxylic acids is 2. The molecule has 0 aliphatic carbocycles. The van der Waals surface area contributed by atoms with Crippen molar-refractivity contribution in [3.63, 3.8) is 0 Å². The van der Waals surface area contributed by atoms with Crippen molar-refractivity contribution < 1.29 is 42.9 Å². The van der Waals surface area contributed by atoms with Gasteiger partial charge in [-0.15, -0.1) is 0 Å². The van der Waals surface area contributed by atoms with Crippen LogP contribution in [0.3, 0.4) is 0 Å². The number of carboxylic acids is 2. The maximum absolute atomic E-state index is 12.2. The van der Waals surface area contributed by atoms with Gasteiger partial charge >= 0.3 is 23.9 Å². The Bertz CT molecular complexity index is 422. The molecule has 19 heavy (non-hydrogen) atoms. The fourth-order valence-corrected chi connectivity index (χ4v) is 0.852. The SMILES string of the molecule is O=C(O)C/C(=C\F)C(=O)OC(=O)/C(=C/F)CC(=O)O. The minimum atomic E-state index is -1.64. The van der Waals surface area contributed by atoms with Gasteiger partial charge in [-0.05, 0) is 0 Å². The number of ether oxygens (including phenoxy) is 1. The fourth-order valence-electron chi connectivity index (χ4n) is 0.852. The summed E-state index contributed by atoms with van der Waals surface area (Å²) < 4.78 is 28.3. The van der Waals surface area contributed by atoms with Gasteiger partial charge in [-0.1, -0.05) is 0 Å². The second-order valence-electron chi connectivity index (χ2n) is 3.09. The van der Waals surface area contributed by atoms with E-state index >= 15 is 0 Å². The van der Waals surface area contributed by atoms with E-state index in [1.54, 1.807) is 0 Å². The zero-order valence-electron chi connectivity index (χ0n) is 9.26. The zero-order valence-corrected chi connectivity index (χ0v) is 9.26. The molecule has 7 nitrogen and oxygen atoms in total. The summed E-state index contributed by atoms with van der Waals surface area (Å²) in [6.07, 6.45) is -2.84. The van der Waals surface area contributed by atoms with Crippen molar-refractivity contribution in [3.05, 3.63) is 23.8 Å². The molecule has 0 saturated carbocycles. The van der Waals surface area contributed by atoms with Crippen molar-refractivity contribution in [1.82, 2.24) is 0 Å². The van der Waals surface area contributed by atoms with Gasteiger partial charge in [0, 0.05) is 0 Å². The maximum Gasteiger partial charge on any atom is 0.344 e. The first-order valence-corrected chi connectivity index (χ1v) is 4.60. The number of rotatable bonds is 6. The van der Waals surface area contributed by atoms with Gasteiger partial charge in [-0.25, -0.2) is 18.4 Å². The summed E-state index contributed by atoms with van der Waals surface area (Å²) >= 11 is 0. The third-order valence-electron chi connectivity index (χ3n) is 1.66. The molecule has 2 N–H and O–H groups in total. The molecular weight excluding hydrogens is 270 g/mol. The molecule has 0 aromatic heterocycles. The average molecular weight is 278 g/mol. The first-order chi connectivity index (χ1) is 8.81. The van der Waals surface area contributed by atoms with Crippen LogP contribution in [0.1, 0.15) is 12.8 Å². The Labute approximate surface area is 104 Å². The molecular formula is C10H8F2O7. The highest BCUT2D eigenvalue weighted by atomic mass is 19.1. The van der Waals surface area contributed by atoms with Gasteiger partial charge in [0.05, 0.1) is 36.6 Å². The molecule has 0 saturated heterocycles. The zero-order chi connectivity index (χ0) is 15.0. The molecule has 0 heterocycles. The van der Waals surface area contributed by atoms with Crippen LogP contribution in [0.25, 0.3) is 0 Å². The molecule has 0 atom stereocenters. The molecule has 9 heteroatoms. The summed E-state index contributed by atoms with van der Waals surface area (Å²) in [6, 6.07) is 0. The van der Waals surface area contributed by atoms with Crippen LogP contribution in [-0.4, -0.2) is 34.1 Å². The Hall–Kier alpha value is -2.58. The predicted molar refractivity (Wildman–Crippen MR) is 54.0 cm³/mol. The highest BCUT2D eigenvalue weighted by Gasteiger charge is 2.22. The van der Waals surface area contributed by atoms with Gasteiger partial charge in [-0.3, -0.25) is 9.59 Å². The smallest absolute Gasteiger partial charge is 0.344 e. The lowest BCUT2D eigenvalue weighted by Crippen LogP contribution is -2.18. The molecule has 0 bridgehead atoms. The normalized spacial score (nSPS) is 11.9. The molecule has 0 aliphatic heterocycles. The lowest BCUT2D eigenvalue weighted by atomic mass is 10.2. The van der Waals surface area contributed by atoms with Crippen molar-refractivity contribution in [3.8, 4) is 0 Å². The maximum atomic E-state index is 12.2. The van der Waals surface area contributed by atoms with Crippen molar-refractivity contribution in [1.29, 1.82) is 0 Å². The molecule has 0 unspecified atom stereocenters. The monoisotopic (exact) mass is 278 g/mol. The summed E-state index contributed by atoms with van der Waals surface area (Å²) in [5.74, 6) is -6.39. The highest BCUT2D eigenvalue weighted by molar-refractivity contribution is 6.04. The summed E-state index contributed by atoms with van der Waals surface area (Å²) in [5.41, 5.74) is -1.95. The lowest BCUT2D eigenvalue weighted by Gasteiger charge is -2.04. The van der Waals surface area contributed by atoms with Crippen molar-refractivity contribution in [2.24, 2.45) is 0 Å². The van der Waals surface area contributed by atoms with E-state index in [1.165, 1.54) is 0 Å². The van der Waals surface area contributed by atoms with Crippen LogP contribution < -0.4 is 0 Å². The minimum absolute atomic E-state index is 0.375. The van der Waals surface area contributed by atoms with E-state index in [2.05, 4.69) is 4.74 Å². The third kappa shape index (κ3) is 6.05. The fraction of sp³-hybridized carbons (Fsp3) is 0.200. The molecule has 0 aromatic rings. The summed E-state index contributed by atoms with van der Waals surface area (Å²) in [5, 5.41) is 16.6. The van der Waals surface area contributed by atoms with E-state index in [-0.39, 0.29) is 12.7 Å². The van der Waals surface area contributed by atoms with Crippen LogP contribution in [0.15, 0.2) is 23.8 Å². The summed E-state index contributed by atoms with van der Waals surface area (Å²) in [7, 11) is 0. The highest BCUT2D eigenvalue weighted by Crippen LogP contribution is 2.10. The molecule has 104 valence electrons. The first-order valence-electron chi connectivity index (χ1n) is 4.60. The number of carbonyl (C=O) groups is 4. The number of hydrogen-bond donors (Lipinski definition) is 2. The molecule has 0 spiro atoms. The molecule has 0 radical (unpaired) electrons. The molecule has 0 rings (SSSR count). The topological polar surface area (TPSA) is 118 Å². The lowest BCUT2D eigenvalue weighted by molar-refractivity contribution is -0.156. The standard InChI is InChI=1S/C10H8F2O7/c11-3-5(1-7(13)14)9(17)19-10(18)6(4-12)2-8(15)16/h3-4H,1-2H2,(H,13,14)(H,15,16)/b5-3+,6-4+. The van der Waals surface area contributed by atoms with Gasteiger partial charge in [0.2, 0.25) is 0 Å². The number of carbonyl (C=O) groups excluding carboxylic acids is 2. The van der Waals surface area contributed by atoms with Crippen LogP contribution in [0.5, 0.6) is 0 Å². The van der Waals surface area contributed by atoms with Crippen molar-refractivity contribution in [2.75, 3.05) is 0 Å². The first kappa shape index (κ1) is 16.4. The van der Waals surface area contributed by atoms with Crippen LogP contribution in [0, 0.1) is 0 Å². The Balaban J connectivity index is 4.76. The largest absolute Gasteiger partial charge is 0.481 e. The van der Waals surface area contributed by atoms with Crippen LogP contribution in [0.4, 0.5) is 8.78 Å². The number of esters is 2. The van der Waals surface area contributed by atoms with Gasteiger partial charge < -0.3 is 14.9 Å². The Morgan fingerprint density at radius 1 is 0.842 bits per heavy atom. The van der Waals surface area contributed by atoms with Gasteiger partial charge in [0.15, 0.2) is 0 Å². The van der Waals surface area contributed by atoms with Crippen molar-refractivity contribution >= 4 is 23.9 Å². The van der Waals surface area contributed by atoms with Crippen LogP contribution in [-0.2, 0) is 23.9 Å². The van der Waals surface area contributed by atoms with Gasteiger partial charge in [-0.2, -0.15) is 0 Å². The Morgan fingerprint density at radius 3 is 1.37 bits per heavy atom.